The highest BCUT2D eigenvalue weighted by atomic mass is 16.5. The Morgan fingerprint density at radius 3 is 2.14 bits per heavy atom. The van der Waals surface area contributed by atoms with Crippen molar-refractivity contribution in [2.24, 2.45) is 5.92 Å². The average molecular weight is 309 g/mol. The number of benzene rings is 1. The van der Waals surface area contributed by atoms with Gasteiger partial charge < -0.3 is 24.2 Å². The third-order valence-electron chi connectivity index (χ3n) is 3.93. The molecule has 2 atom stereocenters. The van der Waals surface area contributed by atoms with Crippen LogP contribution in [0.3, 0.4) is 0 Å². The van der Waals surface area contributed by atoms with Crippen LogP contribution < -0.4 is 14.2 Å². The number of hydrogen-bond acceptors (Lipinski definition) is 5. The molecule has 0 aromatic heterocycles. The van der Waals surface area contributed by atoms with Gasteiger partial charge in [-0.05, 0) is 17.7 Å². The summed E-state index contributed by atoms with van der Waals surface area (Å²) < 4.78 is 15.8. The molecule has 1 aliphatic rings. The van der Waals surface area contributed by atoms with E-state index in [0.717, 1.165) is 0 Å². The number of rotatable bonds is 5. The second-order valence-electron chi connectivity index (χ2n) is 5.06. The Morgan fingerprint density at radius 2 is 1.73 bits per heavy atom. The largest absolute Gasteiger partial charge is 0.493 e. The molecule has 7 heteroatoms. The normalized spacial score (nSPS) is 20.9. The lowest BCUT2D eigenvalue weighted by Gasteiger charge is -2.25. The molecular weight excluding hydrogens is 290 g/mol. The van der Waals surface area contributed by atoms with E-state index in [9.17, 15) is 14.7 Å². The molecule has 1 heterocycles. The first-order valence-electron chi connectivity index (χ1n) is 6.73. The van der Waals surface area contributed by atoms with E-state index < -0.39 is 17.9 Å². The number of carboxylic acid groups (broad SMARTS) is 1. The first-order chi connectivity index (χ1) is 10.4. The summed E-state index contributed by atoms with van der Waals surface area (Å²) in [5.74, 6) is -0.738. The van der Waals surface area contributed by atoms with Crippen LogP contribution in [0, 0.1) is 5.92 Å². The molecule has 0 aliphatic carbocycles. The number of carbonyl (C=O) groups excluding carboxylic acids is 1. The first-order valence-corrected chi connectivity index (χ1v) is 6.73. The number of likely N-dealkylation sites (tertiary alicyclic amines) is 1. The van der Waals surface area contributed by atoms with Crippen LogP contribution in [0.15, 0.2) is 12.1 Å². The van der Waals surface area contributed by atoms with Gasteiger partial charge in [-0.1, -0.05) is 0 Å². The van der Waals surface area contributed by atoms with Gasteiger partial charge >= 0.3 is 5.97 Å². The van der Waals surface area contributed by atoms with E-state index in [2.05, 4.69) is 0 Å². The predicted molar refractivity (Wildman–Crippen MR) is 77.4 cm³/mol. The molecule has 22 heavy (non-hydrogen) atoms. The minimum Gasteiger partial charge on any atom is -0.493 e. The Kier molecular flexibility index (Phi) is 4.44. The van der Waals surface area contributed by atoms with Crippen molar-refractivity contribution in [2.75, 3.05) is 28.4 Å². The highest BCUT2D eigenvalue weighted by Gasteiger charge is 2.43. The van der Waals surface area contributed by atoms with Crippen LogP contribution in [0.1, 0.15) is 18.0 Å². The standard InChI is InChI=1S/C15H19NO6/c1-16-12(17)7-9(15(18)19)13(16)8-5-10(20-2)14(22-4)11(6-8)21-3/h5-6,9,13H,7H2,1-4H3,(H,18,19). The van der Waals surface area contributed by atoms with Gasteiger partial charge in [0.05, 0.1) is 33.3 Å². The number of amides is 1. The topological polar surface area (TPSA) is 85.3 Å². The predicted octanol–water partition coefficient (Wildman–Crippen LogP) is 1.32. The number of carbonyl (C=O) groups is 2. The van der Waals surface area contributed by atoms with Gasteiger partial charge in [-0.3, -0.25) is 9.59 Å². The molecule has 1 aromatic rings. The first kappa shape index (κ1) is 15.9. The molecule has 0 spiro atoms. The Morgan fingerprint density at radius 1 is 1.18 bits per heavy atom. The smallest absolute Gasteiger partial charge is 0.309 e. The third-order valence-corrected chi connectivity index (χ3v) is 3.93. The van der Waals surface area contributed by atoms with Gasteiger partial charge in [-0.25, -0.2) is 0 Å². The molecule has 0 radical (unpaired) electrons. The summed E-state index contributed by atoms with van der Waals surface area (Å²) in [6.07, 6.45) is -0.0207. The second kappa shape index (κ2) is 6.13. The molecule has 2 rings (SSSR count). The van der Waals surface area contributed by atoms with Gasteiger partial charge in [-0.15, -0.1) is 0 Å². The van der Waals surface area contributed by atoms with Gasteiger partial charge in [-0.2, -0.15) is 0 Å². The average Bonchev–Trinajstić information content (AvgIpc) is 2.81. The summed E-state index contributed by atoms with van der Waals surface area (Å²) in [5, 5.41) is 9.37. The Balaban J connectivity index is 2.55. The van der Waals surface area contributed by atoms with E-state index in [0.29, 0.717) is 22.8 Å². The number of hydrogen-bond donors (Lipinski definition) is 1. The number of methoxy groups -OCH3 is 3. The third kappa shape index (κ3) is 2.54. The molecule has 0 bridgehead atoms. The van der Waals surface area contributed by atoms with Crippen molar-refractivity contribution in [3.8, 4) is 17.2 Å². The van der Waals surface area contributed by atoms with E-state index in [1.807, 2.05) is 0 Å². The molecule has 1 aromatic carbocycles. The molecule has 7 nitrogen and oxygen atoms in total. The molecular formula is C15H19NO6. The highest BCUT2D eigenvalue weighted by molar-refractivity contribution is 5.87. The van der Waals surface area contributed by atoms with Gasteiger partial charge in [0.15, 0.2) is 11.5 Å². The zero-order valence-electron chi connectivity index (χ0n) is 13.0. The highest BCUT2D eigenvalue weighted by Crippen LogP contribution is 2.44. The maximum atomic E-state index is 11.9. The van der Waals surface area contributed by atoms with Gasteiger partial charge in [0, 0.05) is 13.5 Å². The van der Waals surface area contributed by atoms with Gasteiger partial charge in [0.25, 0.3) is 0 Å². The quantitative estimate of drug-likeness (QED) is 0.883. The van der Waals surface area contributed by atoms with E-state index in [4.69, 9.17) is 14.2 Å². The molecule has 2 unspecified atom stereocenters. The lowest BCUT2D eigenvalue weighted by molar-refractivity contribution is -0.142. The zero-order chi connectivity index (χ0) is 16.4. The molecule has 1 saturated heterocycles. The minimum absolute atomic E-state index is 0.0207. The number of carboxylic acids is 1. The van der Waals surface area contributed by atoms with Crippen LogP contribution in [0.2, 0.25) is 0 Å². The second-order valence-corrected chi connectivity index (χ2v) is 5.06. The molecule has 1 N–H and O–H groups in total. The van der Waals surface area contributed by atoms with Crippen molar-refractivity contribution in [3.63, 3.8) is 0 Å². The fraction of sp³-hybridized carbons (Fsp3) is 0.467. The van der Waals surface area contributed by atoms with Crippen LogP contribution in [-0.2, 0) is 9.59 Å². The van der Waals surface area contributed by atoms with Crippen molar-refractivity contribution in [1.82, 2.24) is 4.90 Å². The number of ether oxygens (including phenoxy) is 3. The Labute approximate surface area is 128 Å². The summed E-state index contributed by atoms with van der Waals surface area (Å²) >= 11 is 0. The Hall–Kier alpha value is -2.44. The summed E-state index contributed by atoms with van der Waals surface area (Å²) in [5.41, 5.74) is 0.634. The summed E-state index contributed by atoms with van der Waals surface area (Å²) in [7, 11) is 6.06. The molecule has 0 saturated carbocycles. The van der Waals surface area contributed by atoms with E-state index in [1.54, 1.807) is 19.2 Å². The fourth-order valence-corrected chi connectivity index (χ4v) is 2.82. The Bertz CT molecular complexity index is 575. The van der Waals surface area contributed by atoms with Gasteiger partial charge in [0.1, 0.15) is 0 Å². The SMILES string of the molecule is COc1cc(C2C(C(=O)O)CC(=O)N2C)cc(OC)c1OC. The summed E-state index contributed by atoms with van der Waals surface area (Å²) in [6, 6.07) is 2.78. The molecule has 1 amide bonds. The van der Waals surface area contributed by atoms with Gasteiger partial charge in [0.2, 0.25) is 11.7 Å². The summed E-state index contributed by atoms with van der Waals surface area (Å²) in [6.45, 7) is 0. The van der Waals surface area contributed by atoms with Crippen LogP contribution >= 0.6 is 0 Å². The van der Waals surface area contributed by atoms with Crippen molar-refractivity contribution in [1.29, 1.82) is 0 Å². The van der Waals surface area contributed by atoms with Crippen molar-refractivity contribution in [2.45, 2.75) is 12.5 Å². The number of aliphatic carboxylic acids is 1. The van der Waals surface area contributed by atoms with Crippen LogP contribution in [0.5, 0.6) is 17.2 Å². The van der Waals surface area contributed by atoms with Crippen LogP contribution in [0.4, 0.5) is 0 Å². The molecule has 120 valence electrons. The molecule has 1 fully saturated rings. The van der Waals surface area contributed by atoms with E-state index in [1.165, 1.54) is 26.2 Å². The van der Waals surface area contributed by atoms with Crippen molar-refractivity contribution >= 4 is 11.9 Å². The fourth-order valence-electron chi connectivity index (χ4n) is 2.82. The number of nitrogens with zero attached hydrogens (tertiary/aromatic N) is 1. The molecule has 1 aliphatic heterocycles. The van der Waals surface area contributed by atoms with E-state index in [-0.39, 0.29) is 12.3 Å². The summed E-state index contributed by atoms with van der Waals surface area (Å²) in [4.78, 5) is 24.8. The van der Waals surface area contributed by atoms with Crippen molar-refractivity contribution in [3.05, 3.63) is 17.7 Å². The lowest BCUT2D eigenvalue weighted by Crippen LogP contribution is -2.27. The van der Waals surface area contributed by atoms with Crippen molar-refractivity contribution < 1.29 is 28.9 Å². The minimum atomic E-state index is -1.00. The van der Waals surface area contributed by atoms with Crippen LogP contribution in [0.25, 0.3) is 0 Å². The van der Waals surface area contributed by atoms with E-state index >= 15 is 0 Å². The lowest BCUT2D eigenvalue weighted by atomic mass is 9.93. The maximum Gasteiger partial charge on any atom is 0.309 e. The van der Waals surface area contributed by atoms with Crippen LogP contribution in [-0.4, -0.2) is 50.3 Å². The zero-order valence-corrected chi connectivity index (χ0v) is 13.0. The monoisotopic (exact) mass is 309 g/mol. The maximum absolute atomic E-state index is 11.9.